The molecule has 1 fully saturated rings. The molecule has 1 aliphatic rings. The first-order valence-corrected chi connectivity index (χ1v) is 8.05. The van der Waals surface area contributed by atoms with Crippen LogP contribution < -0.4 is 15.0 Å². The van der Waals surface area contributed by atoms with Crippen molar-refractivity contribution >= 4 is 5.69 Å². The first kappa shape index (κ1) is 17.1. The van der Waals surface area contributed by atoms with Crippen molar-refractivity contribution in [3.05, 3.63) is 23.8 Å². The van der Waals surface area contributed by atoms with Crippen LogP contribution in [0.5, 0.6) is 5.75 Å². The first-order chi connectivity index (χ1) is 10.6. The molecule has 0 aromatic heterocycles. The highest BCUT2D eigenvalue weighted by Gasteiger charge is 2.19. The summed E-state index contributed by atoms with van der Waals surface area (Å²) in [4.78, 5) is 4.47. The summed E-state index contributed by atoms with van der Waals surface area (Å²) in [7, 11) is 5.88. The fraction of sp³-hybridized carbons (Fsp3) is 0.647. The number of aliphatic hydroxyl groups is 1. The molecule has 2 N–H and O–H groups in total. The maximum atomic E-state index is 9.63. The molecule has 0 atom stereocenters. The van der Waals surface area contributed by atoms with Crippen LogP contribution in [-0.4, -0.2) is 63.5 Å². The minimum absolute atomic E-state index is 0.151. The van der Waals surface area contributed by atoms with Gasteiger partial charge in [0.2, 0.25) is 0 Å². The summed E-state index contributed by atoms with van der Waals surface area (Å²) in [5, 5.41) is 13.1. The van der Waals surface area contributed by atoms with E-state index in [1.165, 1.54) is 5.56 Å². The second-order valence-corrected chi connectivity index (χ2v) is 6.20. The van der Waals surface area contributed by atoms with E-state index >= 15 is 0 Å². The number of nitrogens with zero attached hydrogens (tertiary/aromatic N) is 2. The Kier molecular flexibility index (Phi) is 6.49. The predicted molar refractivity (Wildman–Crippen MR) is 90.7 cm³/mol. The lowest BCUT2D eigenvalue weighted by Crippen LogP contribution is -2.36. The van der Waals surface area contributed by atoms with Gasteiger partial charge < -0.3 is 25.0 Å². The number of aliphatic hydroxyl groups excluding tert-OH is 1. The number of methoxy groups -OCH3 is 1. The normalized spacial score (nSPS) is 16.3. The standard InChI is InChI=1S/C17H29N3O2/c1-19(2)11-8-18-13-14-4-5-16(17(12-14)22-3)20-9-6-15(21)7-10-20/h4-5,12,15,18,21H,6-11,13H2,1-3H3. The third kappa shape index (κ3) is 4.87. The first-order valence-electron chi connectivity index (χ1n) is 8.05. The van der Waals surface area contributed by atoms with E-state index in [0.29, 0.717) is 0 Å². The van der Waals surface area contributed by atoms with Crippen LogP contribution in [0.4, 0.5) is 5.69 Å². The molecule has 1 aliphatic heterocycles. The minimum atomic E-state index is -0.151. The molecule has 1 aromatic rings. The number of nitrogens with one attached hydrogen (secondary N) is 1. The number of benzene rings is 1. The van der Waals surface area contributed by atoms with Crippen molar-refractivity contribution in [2.75, 3.05) is 52.3 Å². The molecule has 5 heteroatoms. The molecular formula is C17H29N3O2. The SMILES string of the molecule is COc1cc(CNCCN(C)C)ccc1N1CCC(O)CC1. The molecule has 0 unspecified atom stereocenters. The van der Waals surface area contributed by atoms with Gasteiger partial charge in [-0.2, -0.15) is 0 Å². The van der Waals surface area contributed by atoms with Gasteiger partial charge in [-0.25, -0.2) is 0 Å². The van der Waals surface area contributed by atoms with Crippen LogP contribution in [0.1, 0.15) is 18.4 Å². The summed E-state index contributed by atoms with van der Waals surface area (Å²) in [5.41, 5.74) is 2.36. The molecule has 0 amide bonds. The van der Waals surface area contributed by atoms with Gasteiger partial charge in [-0.3, -0.25) is 0 Å². The zero-order valence-electron chi connectivity index (χ0n) is 14.0. The Morgan fingerprint density at radius 3 is 2.68 bits per heavy atom. The van der Waals surface area contributed by atoms with E-state index in [1.54, 1.807) is 7.11 Å². The van der Waals surface area contributed by atoms with Crippen molar-refractivity contribution < 1.29 is 9.84 Å². The molecule has 0 radical (unpaired) electrons. The summed E-state index contributed by atoms with van der Waals surface area (Å²) in [5.74, 6) is 0.920. The van der Waals surface area contributed by atoms with Crippen molar-refractivity contribution in [3.63, 3.8) is 0 Å². The van der Waals surface area contributed by atoms with Gasteiger partial charge in [0, 0.05) is 32.7 Å². The van der Waals surface area contributed by atoms with E-state index < -0.39 is 0 Å². The molecule has 0 spiro atoms. The molecule has 1 heterocycles. The van der Waals surface area contributed by atoms with Crippen LogP contribution >= 0.6 is 0 Å². The van der Waals surface area contributed by atoms with Crippen LogP contribution in [-0.2, 0) is 6.54 Å². The Hall–Kier alpha value is -1.30. The third-order valence-corrected chi connectivity index (χ3v) is 4.11. The summed E-state index contributed by atoms with van der Waals surface area (Å²) in [6, 6.07) is 6.41. The average molecular weight is 307 g/mol. The summed E-state index contributed by atoms with van der Waals surface area (Å²) in [6.45, 7) is 4.63. The van der Waals surface area contributed by atoms with E-state index in [2.05, 4.69) is 47.4 Å². The number of hydrogen-bond acceptors (Lipinski definition) is 5. The van der Waals surface area contributed by atoms with E-state index in [0.717, 1.165) is 57.0 Å². The molecule has 1 aromatic carbocycles. The van der Waals surface area contributed by atoms with Gasteiger partial charge in [-0.05, 0) is 44.6 Å². The molecule has 22 heavy (non-hydrogen) atoms. The predicted octanol–water partition coefficient (Wildman–Crippen LogP) is 1.31. The van der Waals surface area contributed by atoms with Crippen molar-refractivity contribution in [1.29, 1.82) is 0 Å². The molecule has 0 saturated carbocycles. The number of ether oxygens (including phenoxy) is 1. The number of anilines is 1. The smallest absolute Gasteiger partial charge is 0.142 e. The number of rotatable bonds is 7. The summed E-state index contributed by atoms with van der Waals surface area (Å²) >= 11 is 0. The van der Waals surface area contributed by atoms with Crippen LogP contribution in [0.2, 0.25) is 0 Å². The topological polar surface area (TPSA) is 48.0 Å². The zero-order valence-corrected chi connectivity index (χ0v) is 14.0. The molecular weight excluding hydrogens is 278 g/mol. The Morgan fingerprint density at radius 2 is 2.05 bits per heavy atom. The number of piperidine rings is 1. The van der Waals surface area contributed by atoms with E-state index in [9.17, 15) is 5.11 Å². The second kappa shape index (κ2) is 8.36. The Labute approximate surface area is 133 Å². The molecule has 1 saturated heterocycles. The van der Waals surface area contributed by atoms with E-state index in [-0.39, 0.29) is 6.10 Å². The lowest BCUT2D eigenvalue weighted by atomic mass is 10.1. The van der Waals surface area contributed by atoms with Crippen molar-refractivity contribution in [2.45, 2.75) is 25.5 Å². The number of hydrogen-bond donors (Lipinski definition) is 2. The largest absolute Gasteiger partial charge is 0.495 e. The second-order valence-electron chi connectivity index (χ2n) is 6.20. The van der Waals surface area contributed by atoms with Crippen molar-refractivity contribution in [2.24, 2.45) is 0 Å². The van der Waals surface area contributed by atoms with Gasteiger partial charge in [0.25, 0.3) is 0 Å². The fourth-order valence-corrected chi connectivity index (χ4v) is 2.74. The molecule has 2 rings (SSSR count). The molecule has 124 valence electrons. The Morgan fingerprint density at radius 1 is 1.32 bits per heavy atom. The maximum absolute atomic E-state index is 9.63. The number of likely N-dealkylation sites (N-methyl/N-ethyl adjacent to an activating group) is 1. The van der Waals surface area contributed by atoms with Crippen LogP contribution in [0.3, 0.4) is 0 Å². The van der Waals surface area contributed by atoms with Gasteiger partial charge in [0.1, 0.15) is 5.75 Å². The molecule has 0 aliphatic carbocycles. The van der Waals surface area contributed by atoms with Gasteiger partial charge in [-0.15, -0.1) is 0 Å². The van der Waals surface area contributed by atoms with Crippen LogP contribution in [0, 0.1) is 0 Å². The van der Waals surface area contributed by atoms with Crippen LogP contribution in [0.15, 0.2) is 18.2 Å². The van der Waals surface area contributed by atoms with Crippen LogP contribution in [0.25, 0.3) is 0 Å². The van der Waals surface area contributed by atoms with E-state index in [1.807, 2.05) is 0 Å². The Balaban J connectivity index is 1.95. The summed E-state index contributed by atoms with van der Waals surface area (Å²) in [6.07, 6.45) is 1.51. The Bertz CT molecular complexity index is 457. The van der Waals surface area contributed by atoms with Gasteiger partial charge in [0.15, 0.2) is 0 Å². The highest BCUT2D eigenvalue weighted by molar-refractivity contribution is 5.60. The lowest BCUT2D eigenvalue weighted by Gasteiger charge is -2.32. The minimum Gasteiger partial charge on any atom is -0.495 e. The van der Waals surface area contributed by atoms with E-state index in [4.69, 9.17) is 4.74 Å². The fourth-order valence-electron chi connectivity index (χ4n) is 2.74. The van der Waals surface area contributed by atoms with Crippen molar-refractivity contribution in [1.82, 2.24) is 10.2 Å². The lowest BCUT2D eigenvalue weighted by molar-refractivity contribution is 0.145. The third-order valence-electron chi connectivity index (χ3n) is 4.11. The van der Waals surface area contributed by atoms with Gasteiger partial charge >= 0.3 is 0 Å². The molecule has 0 bridgehead atoms. The van der Waals surface area contributed by atoms with Gasteiger partial charge in [-0.1, -0.05) is 6.07 Å². The summed E-state index contributed by atoms with van der Waals surface area (Å²) < 4.78 is 5.57. The quantitative estimate of drug-likeness (QED) is 0.744. The molecule has 5 nitrogen and oxygen atoms in total. The van der Waals surface area contributed by atoms with Crippen molar-refractivity contribution in [3.8, 4) is 5.75 Å². The maximum Gasteiger partial charge on any atom is 0.142 e. The monoisotopic (exact) mass is 307 g/mol. The van der Waals surface area contributed by atoms with Gasteiger partial charge in [0.05, 0.1) is 18.9 Å². The zero-order chi connectivity index (χ0) is 15.9. The highest BCUT2D eigenvalue weighted by atomic mass is 16.5. The average Bonchev–Trinajstić information content (AvgIpc) is 2.52. The highest BCUT2D eigenvalue weighted by Crippen LogP contribution is 2.31.